The van der Waals surface area contributed by atoms with Crippen molar-refractivity contribution in [2.45, 2.75) is 89.3 Å². The summed E-state index contributed by atoms with van der Waals surface area (Å²) < 4.78 is 10.9. The summed E-state index contributed by atoms with van der Waals surface area (Å²) in [6.45, 7) is 7.22. The van der Waals surface area contributed by atoms with Crippen LogP contribution in [0.1, 0.15) is 71.1 Å². The summed E-state index contributed by atoms with van der Waals surface area (Å²) in [4.78, 5) is 31.3. The SMILES string of the molecule is CCOC(=O)N1CCC2(CC(N3CCC(C4CCCN4C(=O)OC4CCC4)CC3)C2)C1. The minimum Gasteiger partial charge on any atom is -0.450 e. The number of carbonyl (C=O) groups is 2. The standard InChI is InChI=1S/C24H39N3O4/c1-2-30-22(28)26-14-10-24(17-26)15-19(16-24)25-12-8-18(9-13-25)21-7-4-11-27(21)23(29)31-20-5-3-6-20/h18-21H,2-17H2,1H3. The van der Waals surface area contributed by atoms with Crippen LogP contribution in [0.3, 0.4) is 0 Å². The highest BCUT2D eigenvalue weighted by atomic mass is 16.6. The zero-order valence-corrected chi connectivity index (χ0v) is 19.1. The minimum atomic E-state index is -0.138. The zero-order valence-electron chi connectivity index (χ0n) is 19.1. The van der Waals surface area contributed by atoms with Gasteiger partial charge in [-0.3, -0.25) is 0 Å². The predicted octanol–water partition coefficient (Wildman–Crippen LogP) is 3.86. The first-order chi connectivity index (χ1) is 15.1. The van der Waals surface area contributed by atoms with Crippen molar-refractivity contribution in [3.63, 3.8) is 0 Å². The molecule has 7 heteroatoms. The van der Waals surface area contributed by atoms with E-state index in [-0.39, 0.29) is 18.3 Å². The van der Waals surface area contributed by atoms with Gasteiger partial charge in [0.15, 0.2) is 0 Å². The molecule has 0 aromatic heterocycles. The van der Waals surface area contributed by atoms with Gasteiger partial charge in [0.05, 0.1) is 6.61 Å². The van der Waals surface area contributed by atoms with Crippen LogP contribution in [0.4, 0.5) is 9.59 Å². The first kappa shape index (κ1) is 21.4. The van der Waals surface area contributed by atoms with E-state index < -0.39 is 0 Å². The van der Waals surface area contributed by atoms with E-state index in [9.17, 15) is 9.59 Å². The normalized spacial score (nSPS) is 34.6. The van der Waals surface area contributed by atoms with E-state index in [1.807, 2.05) is 11.8 Å². The van der Waals surface area contributed by atoms with E-state index in [1.165, 1.54) is 32.1 Å². The Morgan fingerprint density at radius 1 is 0.935 bits per heavy atom. The van der Waals surface area contributed by atoms with Crippen LogP contribution >= 0.6 is 0 Å². The molecule has 3 saturated heterocycles. The lowest BCUT2D eigenvalue weighted by Crippen LogP contribution is -2.55. The fourth-order valence-corrected chi connectivity index (χ4v) is 6.71. The van der Waals surface area contributed by atoms with Gasteiger partial charge in [-0.1, -0.05) is 0 Å². The average molecular weight is 434 g/mol. The van der Waals surface area contributed by atoms with Crippen LogP contribution < -0.4 is 0 Å². The summed E-state index contributed by atoms with van der Waals surface area (Å²) >= 11 is 0. The molecule has 7 nitrogen and oxygen atoms in total. The molecule has 2 amide bonds. The molecule has 2 aliphatic carbocycles. The van der Waals surface area contributed by atoms with E-state index in [1.54, 1.807) is 0 Å². The molecule has 0 aromatic rings. The Balaban J connectivity index is 1.07. The molecule has 1 atom stereocenters. The maximum atomic E-state index is 12.6. The molecule has 3 aliphatic heterocycles. The van der Waals surface area contributed by atoms with Crippen molar-refractivity contribution in [3.05, 3.63) is 0 Å². The molecule has 174 valence electrons. The Kier molecular flexibility index (Phi) is 6.06. The quantitative estimate of drug-likeness (QED) is 0.674. The van der Waals surface area contributed by atoms with Crippen molar-refractivity contribution in [1.29, 1.82) is 0 Å². The van der Waals surface area contributed by atoms with E-state index in [4.69, 9.17) is 9.47 Å². The topological polar surface area (TPSA) is 62.3 Å². The van der Waals surface area contributed by atoms with E-state index in [2.05, 4.69) is 9.80 Å². The van der Waals surface area contributed by atoms with Crippen LogP contribution in [-0.4, -0.2) is 84.4 Å². The number of likely N-dealkylation sites (tertiary alicyclic amines) is 3. The van der Waals surface area contributed by atoms with Crippen molar-refractivity contribution in [2.75, 3.05) is 39.3 Å². The second kappa shape index (κ2) is 8.80. The molecular weight excluding hydrogens is 394 g/mol. The third-order valence-corrected chi connectivity index (χ3v) is 8.79. The van der Waals surface area contributed by atoms with Gasteiger partial charge in [-0.05, 0) is 95.6 Å². The molecule has 31 heavy (non-hydrogen) atoms. The van der Waals surface area contributed by atoms with Gasteiger partial charge in [-0.2, -0.15) is 0 Å². The Labute approximate surface area is 186 Å². The van der Waals surface area contributed by atoms with Crippen molar-refractivity contribution in [3.8, 4) is 0 Å². The number of rotatable bonds is 4. The lowest BCUT2D eigenvalue weighted by atomic mass is 9.64. The van der Waals surface area contributed by atoms with Crippen LogP contribution in [0.25, 0.3) is 0 Å². The number of hydrogen-bond acceptors (Lipinski definition) is 5. The summed E-state index contributed by atoms with van der Waals surface area (Å²) in [5.74, 6) is 0.618. The third kappa shape index (κ3) is 4.27. The lowest BCUT2D eigenvalue weighted by Gasteiger charge is -2.52. The fourth-order valence-electron chi connectivity index (χ4n) is 6.71. The van der Waals surface area contributed by atoms with Crippen molar-refractivity contribution in [2.24, 2.45) is 11.3 Å². The van der Waals surface area contributed by atoms with Gasteiger partial charge >= 0.3 is 12.2 Å². The molecule has 5 aliphatic rings. The van der Waals surface area contributed by atoms with Crippen molar-refractivity contribution in [1.82, 2.24) is 14.7 Å². The van der Waals surface area contributed by atoms with E-state index in [0.29, 0.717) is 30.0 Å². The molecule has 0 aromatic carbocycles. The molecule has 0 N–H and O–H groups in total. The van der Waals surface area contributed by atoms with E-state index in [0.717, 1.165) is 64.8 Å². The number of amides is 2. The Morgan fingerprint density at radius 3 is 2.39 bits per heavy atom. The second-order valence-corrected chi connectivity index (χ2v) is 10.6. The van der Waals surface area contributed by atoms with Crippen molar-refractivity contribution < 1.29 is 19.1 Å². The zero-order chi connectivity index (χ0) is 21.4. The highest BCUT2D eigenvalue weighted by Crippen LogP contribution is 2.51. The summed E-state index contributed by atoms with van der Waals surface area (Å²) in [5.41, 5.74) is 0.335. The number of carbonyl (C=O) groups excluding carboxylic acids is 2. The van der Waals surface area contributed by atoms with Crippen LogP contribution in [0.15, 0.2) is 0 Å². The monoisotopic (exact) mass is 433 g/mol. The second-order valence-electron chi connectivity index (χ2n) is 10.6. The highest BCUT2D eigenvalue weighted by Gasteiger charge is 2.51. The largest absolute Gasteiger partial charge is 0.450 e. The Morgan fingerprint density at radius 2 is 1.71 bits per heavy atom. The smallest absolute Gasteiger partial charge is 0.410 e. The maximum absolute atomic E-state index is 12.6. The lowest BCUT2D eigenvalue weighted by molar-refractivity contribution is -0.0189. The summed E-state index contributed by atoms with van der Waals surface area (Å²) in [5, 5.41) is 0. The van der Waals surface area contributed by atoms with Crippen molar-refractivity contribution >= 4 is 12.2 Å². The molecule has 5 rings (SSSR count). The predicted molar refractivity (Wildman–Crippen MR) is 117 cm³/mol. The number of ether oxygens (including phenoxy) is 2. The van der Waals surface area contributed by atoms with Gasteiger partial charge in [-0.25, -0.2) is 9.59 Å². The molecular formula is C24H39N3O4. The number of hydrogen-bond donors (Lipinski definition) is 0. The van der Waals surface area contributed by atoms with Gasteiger partial charge in [0.25, 0.3) is 0 Å². The molecule has 5 fully saturated rings. The van der Waals surface area contributed by atoms with Gasteiger partial charge < -0.3 is 24.2 Å². The molecule has 1 unspecified atom stereocenters. The molecule has 0 radical (unpaired) electrons. The minimum absolute atomic E-state index is 0.0528. The van der Waals surface area contributed by atoms with Gasteiger partial charge in [0.2, 0.25) is 0 Å². The molecule has 0 bridgehead atoms. The highest BCUT2D eigenvalue weighted by molar-refractivity contribution is 5.69. The Bertz CT molecular complexity index is 668. The fraction of sp³-hybridized carbons (Fsp3) is 0.917. The molecule has 3 heterocycles. The summed E-state index contributed by atoms with van der Waals surface area (Å²) in [6.07, 6.45) is 11.5. The van der Waals surface area contributed by atoms with E-state index >= 15 is 0 Å². The molecule has 1 spiro atoms. The average Bonchev–Trinajstić information content (AvgIpc) is 3.37. The maximum Gasteiger partial charge on any atom is 0.410 e. The van der Waals surface area contributed by atoms with Crippen LogP contribution in [-0.2, 0) is 9.47 Å². The van der Waals surface area contributed by atoms with Gasteiger partial charge in [-0.15, -0.1) is 0 Å². The van der Waals surface area contributed by atoms with Crippen LogP contribution in [0.5, 0.6) is 0 Å². The first-order valence-electron chi connectivity index (χ1n) is 12.7. The Hall–Kier alpha value is -1.50. The summed E-state index contributed by atoms with van der Waals surface area (Å²) in [7, 11) is 0. The van der Waals surface area contributed by atoms with Crippen LogP contribution in [0.2, 0.25) is 0 Å². The number of nitrogens with zero attached hydrogens (tertiary/aromatic N) is 3. The summed E-state index contributed by atoms with van der Waals surface area (Å²) in [6, 6.07) is 1.06. The third-order valence-electron chi connectivity index (χ3n) is 8.79. The van der Waals surface area contributed by atoms with Crippen LogP contribution in [0, 0.1) is 11.3 Å². The number of piperidine rings is 1. The van der Waals surface area contributed by atoms with Gasteiger partial charge in [0, 0.05) is 31.7 Å². The molecule has 2 saturated carbocycles. The first-order valence-corrected chi connectivity index (χ1v) is 12.7. The van der Waals surface area contributed by atoms with Gasteiger partial charge in [0.1, 0.15) is 6.10 Å².